The number of amides is 1. The van der Waals surface area contributed by atoms with Crippen molar-refractivity contribution in [2.24, 2.45) is 5.92 Å². The van der Waals surface area contributed by atoms with Crippen LogP contribution in [0.25, 0.3) is 0 Å². The van der Waals surface area contributed by atoms with Gasteiger partial charge in [-0.15, -0.1) is 0 Å². The summed E-state index contributed by atoms with van der Waals surface area (Å²) >= 11 is 0. The molecule has 0 aromatic heterocycles. The number of carbonyl (C=O) groups excluding carboxylic acids is 1. The first kappa shape index (κ1) is 18.2. The normalized spacial score (nSPS) is 26.7. The summed E-state index contributed by atoms with van der Waals surface area (Å²) in [5.41, 5.74) is 2.07. The largest absolute Gasteiger partial charge is 0.496 e. The summed E-state index contributed by atoms with van der Waals surface area (Å²) in [4.78, 5) is 15.0. The maximum absolute atomic E-state index is 13.0. The van der Waals surface area contributed by atoms with Gasteiger partial charge in [-0.05, 0) is 37.0 Å². The van der Waals surface area contributed by atoms with E-state index in [-0.39, 0.29) is 18.1 Å². The molecular weight excluding hydrogens is 318 g/mol. The van der Waals surface area contributed by atoms with E-state index in [9.17, 15) is 4.79 Å². The lowest BCUT2D eigenvalue weighted by molar-refractivity contribution is -0.143. The molecule has 5 nitrogen and oxygen atoms in total. The Hall–Kier alpha value is -1.59. The standard InChI is InChI=1S/C20H29NO4/c1-14-7-8-15(11-19(14)24-3)12-20(22)21-9-10-25-13-17(21)16-5-4-6-18(16)23-2/h7-8,11,16-18H,4-6,9-10,12-13H2,1-3H3/t16-,17+,18-/m0/s1. The number of morpholine rings is 1. The molecule has 138 valence electrons. The minimum absolute atomic E-state index is 0.126. The van der Waals surface area contributed by atoms with E-state index in [0.29, 0.717) is 32.1 Å². The van der Waals surface area contributed by atoms with Crippen LogP contribution < -0.4 is 4.74 Å². The Balaban J connectivity index is 1.72. The second-order valence-corrected chi connectivity index (χ2v) is 7.08. The third-order valence-corrected chi connectivity index (χ3v) is 5.61. The van der Waals surface area contributed by atoms with Crippen molar-refractivity contribution in [3.63, 3.8) is 0 Å². The number of hydrogen-bond acceptors (Lipinski definition) is 4. The molecular formula is C20H29NO4. The van der Waals surface area contributed by atoms with E-state index < -0.39 is 0 Å². The molecule has 2 fully saturated rings. The zero-order chi connectivity index (χ0) is 17.8. The molecule has 1 aliphatic carbocycles. The summed E-state index contributed by atoms with van der Waals surface area (Å²) in [7, 11) is 3.44. The Morgan fingerprint density at radius 2 is 2.16 bits per heavy atom. The highest BCUT2D eigenvalue weighted by Gasteiger charge is 2.40. The zero-order valence-electron chi connectivity index (χ0n) is 15.5. The first-order valence-corrected chi connectivity index (χ1v) is 9.17. The summed E-state index contributed by atoms with van der Waals surface area (Å²) in [6.45, 7) is 3.91. The van der Waals surface area contributed by atoms with E-state index in [1.165, 1.54) is 0 Å². The molecule has 25 heavy (non-hydrogen) atoms. The molecule has 0 bridgehead atoms. The van der Waals surface area contributed by atoms with Gasteiger partial charge in [0.25, 0.3) is 0 Å². The van der Waals surface area contributed by atoms with Crippen molar-refractivity contribution in [1.82, 2.24) is 4.90 Å². The number of carbonyl (C=O) groups is 1. The summed E-state index contributed by atoms with van der Waals surface area (Å²) in [6, 6.07) is 6.12. The predicted molar refractivity (Wildman–Crippen MR) is 95.9 cm³/mol. The Bertz CT molecular complexity index is 603. The summed E-state index contributed by atoms with van der Waals surface area (Å²) in [5.74, 6) is 1.38. The predicted octanol–water partition coefficient (Wildman–Crippen LogP) is 2.59. The Morgan fingerprint density at radius 1 is 1.32 bits per heavy atom. The lowest BCUT2D eigenvalue weighted by Crippen LogP contribution is -2.54. The monoisotopic (exact) mass is 347 g/mol. The topological polar surface area (TPSA) is 48.0 Å². The van der Waals surface area contributed by atoms with Gasteiger partial charge < -0.3 is 19.1 Å². The molecule has 0 N–H and O–H groups in total. The highest BCUT2D eigenvalue weighted by molar-refractivity contribution is 5.79. The van der Waals surface area contributed by atoms with Crippen molar-refractivity contribution in [1.29, 1.82) is 0 Å². The highest BCUT2D eigenvalue weighted by atomic mass is 16.5. The minimum Gasteiger partial charge on any atom is -0.496 e. The van der Waals surface area contributed by atoms with Gasteiger partial charge in [-0.3, -0.25) is 4.79 Å². The van der Waals surface area contributed by atoms with Gasteiger partial charge in [-0.1, -0.05) is 18.6 Å². The third kappa shape index (κ3) is 3.98. The Kier molecular flexibility index (Phi) is 5.97. The first-order valence-electron chi connectivity index (χ1n) is 9.17. The fraction of sp³-hybridized carbons (Fsp3) is 0.650. The van der Waals surface area contributed by atoms with Crippen LogP contribution in [0.15, 0.2) is 18.2 Å². The summed E-state index contributed by atoms with van der Waals surface area (Å²) in [6.07, 6.45) is 3.99. The van der Waals surface area contributed by atoms with Gasteiger partial charge in [0.05, 0.1) is 38.9 Å². The van der Waals surface area contributed by atoms with Crippen LogP contribution in [0.5, 0.6) is 5.75 Å². The number of rotatable bonds is 5. The van der Waals surface area contributed by atoms with Crippen molar-refractivity contribution in [2.45, 2.75) is 44.8 Å². The van der Waals surface area contributed by atoms with Gasteiger partial charge >= 0.3 is 0 Å². The molecule has 0 spiro atoms. The van der Waals surface area contributed by atoms with Crippen molar-refractivity contribution in [3.8, 4) is 5.75 Å². The number of nitrogens with zero attached hydrogens (tertiary/aromatic N) is 1. The molecule has 2 aliphatic rings. The van der Waals surface area contributed by atoms with E-state index >= 15 is 0 Å². The molecule has 1 heterocycles. The summed E-state index contributed by atoms with van der Waals surface area (Å²) < 4.78 is 16.7. The van der Waals surface area contributed by atoms with E-state index in [4.69, 9.17) is 14.2 Å². The Labute approximate surface area is 150 Å². The second-order valence-electron chi connectivity index (χ2n) is 7.08. The highest BCUT2D eigenvalue weighted by Crippen LogP contribution is 2.34. The fourth-order valence-corrected chi connectivity index (χ4v) is 4.23. The van der Waals surface area contributed by atoms with Crippen LogP contribution in [-0.2, 0) is 20.7 Å². The van der Waals surface area contributed by atoms with Crippen molar-refractivity contribution >= 4 is 5.91 Å². The number of benzene rings is 1. The molecule has 3 rings (SSSR count). The molecule has 3 atom stereocenters. The lowest BCUT2D eigenvalue weighted by atomic mass is 9.93. The molecule has 1 saturated heterocycles. The van der Waals surface area contributed by atoms with Gasteiger partial charge in [0.1, 0.15) is 5.75 Å². The third-order valence-electron chi connectivity index (χ3n) is 5.61. The maximum Gasteiger partial charge on any atom is 0.227 e. The molecule has 1 amide bonds. The zero-order valence-corrected chi connectivity index (χ0v) is 15.5. The van der Waals surface area contributed by atoms with Crippen LogP contribution in [0, 0.1) is 12.8 Å². The van der Waals surface area contributed by atoms with Crippen LogP contribution in [-0.4, -0.2) is 56.9 Å². The fourth-order valence-electron chi connectivity index (χ4n) is 4.23. The van der Waals surface area contributed by atoms with Gasteiger partial charge in [-0.25, -0.2) is 0 Å². The number of ether oxygens (including phenoxy) is 3. The van der Waals surface area contributed by atoms with E-state index in [0.717, 1.165) is 36.1 Å². The first-order chi connectivity index (χ1) is 12.1. The van der Waals surface area contributed by atoms with Crippen LogP contribution >= 0.6 is 0 Å². The maximum atomic E-state index is 13.0. The molecule has 1 aliphatic heterocycles. The van der Waals surface area contributed by atoms with E-state index in [1.54, 1.807) is 14.2 Å². The Morgan fingerprint density at radius 3 is 2.92 bits per heavy atom. The second kappa shape index (κ2) is 8.19. The van der Waals surface area contributed by atoms with E-state index in [2.05, 4.69) is 0 Å². The van der Waals surface area contributed by atoms with Gasteiger partial charge in [-0.2, -0.15) is 0 Å². The van der Waals surface area contributed by atoms with E-state index in [1.807, 2.05) is 30.0 Å². The lowest BCUT2D eigenvalue weighted by Gasteiger charge is -2.40. The van der Waals surface area contributed by atoms with Gasteiger partial charge in [0, 0.05) is 19.6 Å². The average Bonchev–Trinajstić information content (AvgIpc) is 3.11. The SMILES string of the molecule is COc1cc(CC(=O)N2CCOC[C@@H]2[C@@H]2CCC[C@@H]2OC)ccc1C. The van der Waals surface area contributed by atoms with Crippen LogP contribution in [0.3, 0.4) is 0 Å². The average molecular weight is 347 g/mol. The number of hydrogen-bond donors (Lipinski definition) is 0. The minimum atomic E-state index is 0.126. The molecule has 1 saturated carbocycles. The van der Waals surface area contributed by atoms with Crippen molar-refractivity contribution in [3.05, 3.63) is 29.3 Å². The number of methoxy groups -OCH3 is 2. The van der Waals surface area contributed by atoms with Crippen LogP contribution in [0.4, 0.5) is 0 Å². The van der Waals surface area contributed by atoms with Crippen LogP contribution in [0.2, 0.25) is 0 Å². The summed E-state index contributed by atoms with van der Waals surface area (Å²) in [5, 5.41) is 0. The number of aryl methyl sites for hydroxylation is 1. The van der Waals surface area contributed by atoms with Gasteiger partial charge in [0.2, 0.25) is 5.91 Å². The quantitative estimate of drug-likeness (QED) is 0.821. The molecule has 1 aromatic rings. The van der Waals surface area contributed by atoms with Crippen molar-refractivity contribution < 1.29 is 19.0 Å². The smallest absolute Gasteiger partial charge is 0.227 e. The van der Waals surface area contributed by atoms with Crippen LogP contribution in [0.1, 0.15) is 30.4 Å². The molecule has 0 unspecified atom stereocenters. The molecule has 0 radical (unpaired) electrons. The molecule has 5 heteroatoms. The van der Waals surface area contributed by atoms with Crippen molar-refractivity contribution in [2.75, 3.05) is 34.0 Å². The van der Waals surface area contributed by atoms with Gasteiger partial charge in [0.15, 0.2) is 0 Å². The molecule has 1 aromatic carbocycles.